The van der Waals surface area contributed by atoms with Crippen molar-refractivity contribution in [1.82, 2.24) is 10.3 Å². The average Bonchev–Trinajstić information content (AvgIpc) is 2.84. The number of fused-ring (bicyclic) bond motifs is 1. The van der Waals surface area contributed by atoms with Gasteiger partial charge >= 0.3 is 0 Å². The zero-order valence-electron chi connectivity index (χ0n) is 10.2. The van der Waals surface area contributed by atoms with Gasteiger partial charge in [0.05, 0.1) is 10.2 Å². The van der Waals surface area contributed by atoms with Gasteiger partial charge in [-0.2, -0.15) is 0 Å². The second kappa shape index (κ2) is 4.39. The van der Waals surface area contributed by atoms with Gasteiger partial charge in [-0.25, -0.2) is 4.98 Å². The Morgan fingerprint density at radius 3 is 3.00 bits per heavy atom. The summed E-state index contributed by atoms with van der Waals surface area (Å²) < 4.78 is 1.32. The molecule has 0 aliphatic carbocycles. The first-order valence-corrected chi connectivity index (χ1v) is 7.22. The van der Waals surface area contributed by atoms with Crippen LogP contribution < -0.4 is 5.32 Å². The summed E-state index contributed by atoms with van der Waals surface area (Å²) in [5.74, 6) is 0. The Morgan fingerprint density at radius 2 is 2.29 bits per heavy atom. The lowest BCUT2D eigenvalue weighted by Crippen LogP contribution is -2.42. The molecule has 1 N–H and O–H groups in total. The maximum atomic E-state index is 4.86. The minimum atomic E-state index is 0.280. The second-order valence-corrected chi connectivity index (χ2v) is 5.93. The molecule has 3 heteroatoms. The fraction of sp³-hybridized carbons (Fsp3) is 0.500. The van der Waals surface area contributed by atoms with Crippen LogP contribution in [0.1, 0.15) is 31.2 Å². The third kappa shape index (κ3) is 1.87. The minimum absolute atomic E-state index is 0.280. The third-order valence-corrected chi connectivity index (χ3v) is 5.18. The first-order valence-electron chi connectivity index (χ1n) is 6.41. The van der Waals surface area contributed by atoms with Gasteiger partial charge in [0.25, 0.3) is 0 Å². The highest BCUT2D eigenvalue weighted by molar-refractivity contribution is 7.18. The number of benzene rings is 1. The van der Waals surface area contributed by atoms with Crippen molar-refractivity contribution >= 4 is 21.6 Å². The van der Waals surface area contributed by atoms with Gasteiger partial charge in [0, 0.05) is 12.0 Å². The van der Waals surface area contributed by atoms with Crippen LogP contribution in [-0.4, -0.2) is 18.1 Å². The Labute approximate surface area is 106 Å². The maximum Gasteiger partial charge on any atom is 0.101 e. The second-order valence-electron chi connectivity index (χ2n) is 4.90. The molecule has 17 heavy (non-hydrogen) atoms. The lowest BCUT2D eigenvalue weighted by molar-refractivity contribution is 0.302. The summed E-state index contributed by atoms with van der Waals surface area (Å²) in [6, 6.07) is 8.47. The Hall–Kier alpha value is -0.930. The van der Waals surface area contributed by atoms with E-state index in [9.17, 15) is 0 Å². The predicted octanol–water partition coefficient (Wildman–Crippen LogP) is 3.33. The normalized spacial score (nSPS) is 25.2. The van der Waals surface area contributed by atoms with Crippen molar-refractivity contribution < 1.29 is 0 Å². The Morgan fingerprint density at radius 1 is 1.41 bits per heavy atom. The molecule has 3 rings (SSSR count). The van der Waals surface area contributed by atoms with Gasteiger partial charge in [-0.3, -0.25) is 0 Å². The molecule has 1 saturated heterocycles. The summed E-state index contributed by atoms with van der Waals surface area (Å²) in [6.45, 7) is 4.54. The van der Waals surface area contributed by atoms with Crippen LogP contribution in [0.2, 0.25) is 0 Å². The van der Waals surface area contributed by atoms with E-state index in [1.165, 1.54) is 29.0 Å². The summed E-state index contributed by atoms with van der Waals surface area (Å²) in [5.41, 5.74) is 1.44. The average molecular weight is 246 g/mol. The molecule has 2 heterocycles. The van der Waals surface area contributed by atoms with Crippen molar-refractivity contribution in [2.24, 2.45) is 0 Å². The van der Waals surface area contributed by atoms with Crippen molar-refractivity contribution in [2.45, 2.75) is 31.6 Å². The molecule has 1 aliphatic rings. The molecular formula is C14H18N2S. The van der Waals surface area contributed by atoms with Gasteiger partial charge in [-0.1, -0.05) is 19.1 Å². The van der Waals surface area contributed by atoms with Crippen molar-refractivity contribution in [3.05, 3.63) is 29.3 Å². The van der Waals surface area contributed by atoms with E-state index in [0.717, 1.165) is 18.6 Å². The van der Waals surface area contributed by atoms with Crippen LogP contribution in [0.5, 0.6) is 0 Å². The smallest absolute Gasteiger partial charge is 0.101 e. The molecule has 90 valence electrons. The fourth-order valence-corrected chi connectivity index (χ4v) is 3.95. The van der Waals surface area contributed by atoms with Gasteiger partial charge in [0.15, 0.2) is 0 Å². The predicted molar refractivity (Wildman–Crippen MR) is 73.7 cm³/mol. The summed E-state index contributed by atoms with van der Waals surface area (Å²) in [5, 5.41) is 4.86. The summed E-state index contributed by atoms with van der Waals surface area (Å²) in [6.07, 6.45) is 3.72. The Bertz CT molecular complexity index is 479. The lowest BCUT2D eigenvalue weighted by atomic mass is 9.79. The molecule has 1 unspecified atom stereocenters. The molecule has 1 aromatic heterocycles. The maximum absolute atomic E-state index is 4.86. The van der Waals surface area contributed by atoms with Gasteiger partial charge in [0.2, 0.25) is 0 Å². The number of para-hydroxylation sites is 1. The number of nitrogens with zero attached hydrogens (tertiary/aromatic N) is 1. The largest absolute Gasteiger partial charge is 0.316 e. The standard InChI is InChI=1S/C14H18N2S/c1-2-14(8-5-9-15-10-14)13-16-11-6-3-4-7-12(11)17-13/h3-4,6-7,15H,2,5,8-10H2,1H3. The number of rotatable bonds is 2. The number of aromatic nitrogens is 1. The van der Waals surface area contributed by atoms with Crippen molar-refractivity contribution in [2.75, 3.05) is 13.1 Å². The van der Waals surface area contributed by atoms with E-state index in [0.29, 0.717) is 0 Å². The highest BCUT2D eigenvalue weighted by Gasteiger charge is 2.34. The van der Waals surface area contributed by atoms with E-state index in [-0.39, 0.29) is 5.41 Å². The first kappa shape index (κ1) is 11.2. The number of piperidine rings is 1. The highest BCUT2D eigenvalue weighted by Crippen LogP contribution is 2.38. The van der Waals surface area contributed by atoms with Crippen LogP contribution in [0.15, 0.2) is 24.3 Å². The van der Waals surface area contributed by atoms with E-state index in [1.54, 1.807) is 0 Å². The van der Waals surface area contributed by atoms with Gasteiger partial charge < -0.3 is 5.32 Å². The number of nitrogens with one attached hydrogen (secondary N) is 1. The molecule has 0 saturated carbocycles. The lowest BCUT2D eigenvalue weighted by Gasteiger charge is -2.35. The van der Waals surface area contributed by atoms with Crippen LogP contribution in [0.25, 0.3) is 10.2 Å². The van der Waals surface area contributed by atoms with Crippen molar-refractivity contribution in [3.63, 3.8) is 0 Å². The molecule has 0 spiro atoms. The SMILES string of the molecule is CCC1(c2nc3ccccc3s2)CCCNC1. The van der Waals surface area contributed by atoms with Gasteiger partial charge in [0.1, 0.15) is 5.01 Å². The molecular weight excluding hydrogens is 228 g/mol. The van der Waals surface area contributed by atoms with Crippen LogP contribution in [0.4, 0.5) is 0 Å². The number of hydrogen-bond acceptors (Lipinski definition) is 3. The molecule has 1 aromatic carbocycles. The molecule has 0 amide bonds. The van der Waals surface area contributed by atoms with Crippen LogP contribution in [0, 0.1) is 0 Å². The van der Waals surface area contributed by atoms with E-state index in [4.69, 9.17) is 4.98 Å². The Balaban J connectivity index is 2.05. The van der Waals surface area contributed by atoms with Crippen LogP contribution in [0.3, 0.4) is 0 Å². The fourth-order valence-electron chi connectivity index (χ4n) is 2.70. The van der Waals surface area contributed by atoms with Crippen LogP contribution in [-0.2, 0) is 5.41 Å². The molecule has 1 atom stereocenters. The van der Waals surface area contributed by atoms with Gasteiger partial charge in [-0.15, -0.1) is 11.3 Å². The summed E-state index contributed by atoms with van der Waals surface area (Å²) in [7, 11) is 0. The van der Waals surface area contributed by atoms with E-state index in [2.05, 4.69) is 36.5 Å². The van der Waals surface area contributed by atoms with Crippen molar-refractivity contribution in [1.29, 1.82) is 0 Å². The molecule has 2 nitrogen and oxygen atoms in total. The number of hydrogen-bond donors (Lipinski definition) is 1. The van der Waals surface area contributed by atoms with E-state index in [1.807, 2.05) is 11.3 Å². The first-order chi connectivity index (χ1) is 8.34. The minimum Gasteiger partial charge on any atom is -0.316 e. The molecule has 0 radical (unpaired) electrons. The van der Waals surface area contributed by atoms with E-state index >= 15 is 0 Å². The zero-order valence-corrected chi connectivity index (χ0v) is 11.0. The number of thiazole rings is 1. The monoisotopic (exact) mass is 246 g/mol. The van der Waals surface area contributed by atoms with Gasteiger partial charge in [-0.05, 0) is 37.9 Å². The van der Waals surface area contributed by atoms with Crippen LogP contribution >= 0.6 is 11.3 Å². The van der Waals surface area contributed by atoms with E-state index < -0.39 is 0 Å². The summed E-state index contributed by atoms with van der Waals surface area (Å²) in [4.78, 5) is 4.86. The zero-order chi connectivity index (χ0) is 11.7. The molecule has 1 fully saturated rings. The molecule has 2 aromatic rings. The molecule has 1 aliphatic heterocycles. The topological polar surface area (TPSA) is 24.9 Å². The quantitative estimate of drug-likeness (QED) is 0.879. The third-order valence-electron chi connectivity index (χ3n) is 3.90. The molecule has 0 bridgehead atoms. The summed E-state index contributed by atoms with van der Waals surface area (Å²) >= 11 is 1.88. The Kier molecular flexibility index (Phi) is 2.89. The highest BCUT2D eigenvalue weighted by atomic mass is 32.1. The van der Waals surface area contributed by atoms with Crippen molar-refractivity contribution in [3.8, 4) is 0 Å².